The third kappa shape index (κ3) is 3.30. The average Bonchev–Trinajstić information content (AvgIpc) is 2.50. The molecule has 0 atom stereocenters. The lowest BCUT2D eigenvalue weighted by Gasteiger charge is -1.86. The number of rotatable bonds is 4. The molecule has 2 nitrogen and oxygen atoms in total. The van der Waals surface area contributed by atoms with E-state index < -0.39 is 0 Å². The topological polar surface area (TPSA) is 38.9 Å². The molecule has 0 spiro atoms. The Bertz CT molecular complexity index is 204. The molecule has 0 saturated heterocycles. The zero-order valence-corrected chi connectivity index (χ0v) is 7.18. The Balaban J connectivity index is 2.23. The molecule has 0 bridgehead atoms. The molecule has 0 amide bonds. The Hall–Kier alpha value is -0.670. The molecule has 0 saturated carbocycles. The summed E-state index contributed by atoms with van der Waals surface area (Å²) in [5.41, 5.74) is 7.18. The van der Waals surface area contributed by atoms with Crippen molar-refractivity contribution in [1.82, 2.24) is 4.98 Å². The zero-order valence-electron chi connectivity index (χ0n) is 6.36. The molecule has 0 aliphatic heterocycles. The summed E-state index contributed by atoms with van der Waals surface area (Å²) < 4.78 is 0. The van der Waals surface area contributed by atoms with Gasteiger partial charge in [0.25, 0.3) is 0 Å². The van der Waals surface area contributed by atoms with Crippen LogP contribution in [0.25, 0.3) is 0 Å². The number of hydrogen-bond donors (Lipinski definition) is 1. The summed E-state index contributed by atoms with van der Waals surface area (Å²) in [5, 5.41) is 0. The van der Waals surface area contributed by atoms with Crippen molar-refractivity contribution < 1.29 is 0 Å². The van der Waals surface area contributed by atoms with Gasteiger partial charge in [-0.15, -0.1) is 11.3 Å². The Morgan fingerprint density at radius 3 is 3.09 bits per heavy atom. The summed E-state index contributed by atoms with van der Waals surface area (Å²) in [4.78, 5) is 5.28. The summed E-state index contributed by atoms with van der Waals surface area (Å²) >= 11 is 1.69. The highest BCUT2D eigenvalue weighted by Crippen LogP contribution is 2.06. The SMILES string of the molecule is NCC/C=C/Cc1cncs1. The van der Waals surface area contributed by atoms with E-state index in [1.165, 1.54) is 4.88 Å². The van der Waals surface area contributed by atoms with Gasteiger partial charge < -0.3 is 5.73 Å². The molecule has 0 aliphatic carbocycles. The summed E-state index contributed by atoms with van der Waals surface area (Å²) in [6, 6.07) is 0. The van der Waals surface area contributed by atoms with Crippen LogP contribution in [-0.4, -0.2) is 11.5 Å². The number of aromatic nitrogens is 1. The monoisotopic (exact) mass is 168 g/mol. The second-order valence-electron chi connectivity index (χ2n) is 2.22. The maximum Gasteiger partial charge on any atom is 0.0794 e. The molecule has 1 aromatic heterocycles. The van der Waals surface area contributed by atoms with Crippen molar-refractivity contribution in [2.75, 3.05) is 6.54 Å². The second-order valence-corrected chi connectivity index (χ2v) is 3.19. The van der Waals surface area contributed by atoms with Gasteiger partial charge in [-0.2, -0.15) is 0 Å². The molecule has 1 rings (SSSR count). The van der Waals surface area contributed by atoms with Gasteiger partial charge in [0.2, 0.25) is 0 Å². The van der Waals surface area contributed by atoms with Crippen LogP contribution in [0.2, 0.25) is 0 Å². The lowest BCUT2D eigenvalue weighted by molar-refractivity contribution is 1.00. The van der Waals surface area contributed by atoms with Gasteiger partial charge in [-0.05, 0) is 13.0 Å². The normalized spacial score (nSPS) is 11.0. The van der Waals surface area contributed by atoms with Crippen molar-refractivity contribution in [2.24, 2.45) is 5.73 Å². The molecule has 0 aromatic carbocycles. The fourth-order valence-electron chi connectivity index (χ4n) is 0.756. The van der Waals surface area contributed by atoms with Crippen LogP contribution >= 0.6 is 11.3 Å². The first-order valence-corrected chi connectivity index (χ1v) is 4.54. The van der Waals surface area contributed by atoms with Gasteiger partial charge in [0, 0.05) is 17.5 Å². The van der Waals surface area contributed by atoms with Crippen molar-refractivity contribution in [3.63, 3.8) is 0 Å². The van der Waals surface area contributed by atoms with Crippen molar-refractivity contribution in [1.29, 1.82) is 0 Å². The van der Waals surface area contributed by atoms with Crippen LogP contribution in [0.1, 0.15) is 11.3 Å². The Labute approximate surface area is 70.8 Å². The van der Waals surface area contributed by atoms with Gasteiger partial charge in [0.15, 0.2) is 0 Å². The fourth-order valence-corrected chi connectivity index (χ4v) is 1.33. The molecule has 0 fully saturated rings. The average molecular weight is 168 g/mol. The third-order valence-electron chi connectivity index (χ3n) is 1.30. The highest BCUT2D eigenvalue weighted by Gasteiger charge is 1.87. The van der Waals surface area contributed by atoms with Gasteiger partial charge in [-0.3, -0.25) is 4.98 Å². The number of thiazole rings is 1. The first-order valence-electron chi connectivity index (χ1n) is 3.66. The highest BCUT2D eigenvalue weighted by atomic mass is 32.1. The molecule has 0 radical (unpaired) electrons. The van der Waals surface area contributed by atoms with E-state index in [1.807, 2.05) is 11.7 Å². The first kappa shape index (κ1) is 8.43. The Morgan fingerprint density at radius 2 is 2.45 bits per heavy atom. The molecule has 0 unspecified atom stereocenters. The van der Waals surface area contributed by atoms with E-state index in [-0.39, 0.29) is 0 Å². The number of hydrogen-bond acceptors (Lipinski definition) is 3. The number of nitrogens with two attached hydrogens (primary N) is 1. The molecule has 11 heavy (non-hydrogen) atoms. The minimum Gasteiger partial charge on any atom is -0.330 e. The summed E-state index contributed by atoms with van der Waals surface area (Å²) in [7, 11) is 0. The first-order chi connectivity index (χ1) is 5.43. The van der Waals surface area contributed by atoms with E-state index in [0.29, 0.717) is 0 Å². The predicted octanol–water partition coefficient (Wildman–Crippen LogP) is 1.59. The van der Waals surface area contributed by atoms with Crippen LogP contribution < -0.4 is 5.73 Å². The highest BCUT2D eigenvalue weighted by molar-refractivity contribution is 7.09. The lowest BCUT2D eigenvalue weighted by atomic mass is 10.3. The molecular weight excluding hydrogens is 156 g/mol. The van der Waals surface area contributed by atoms with Gasteiger partial charge in [0.1, 0.15) is 0 Å². The standard InChI is InChI=1S/C8H12N2S/c9-5-3-1-2-4-8-6-10-7-11-8/h1-2,6-7H,3-5,9H2/b2-1+. The fraction of sp³-hybridized carbons (Fsp3) is 0.375. The van der Waals surface area contributed by atoms with Crippen LogP contribution in [0.15, 0.2) is 23.9 Å². The maximum absolute atomic E-state index is 5.33. The second kappa shape index (κ2) is 5.04. The van der Waals surface area contributed by atoms with E-state index >= 15 is 0 Å². The third-order valence-corrected chi connectivity index (χ3v) is 2.10. The molecule has 1 heterocycles. The molecule has 1 aromatic rings. The number of nitrogens with zero attached hydrogens (tertiary/aromatic N) is 1. The van der Waals surface area contributed by atoms with Gasteiger partial charge in [-0.25, -0.2) is 0 Å². The van der Waals surface area contributed by atoms with Crippen molar-refractivity contribution >= 4 is 11.3 Å². The van der Waals surface area contributed by atoms with Crippen LogP contribution in [0.4, 0.5) is 0 Å². The quantitative estimate of drug-likeness (QED) is 0.693. The maximum atomic E-state index is 5.33. The van der Waals surface area contributed by atoms with E-state index in [1.54, 1.807) is 11.3 Å². The van der Waals surface area contributed by atoms with Gasteiger partial charge in [0.05, 0.1) is 5.51 Å². The van der Waals surface area contributed by atoms with Crippen LogP contribution in [0, 0.1) is 0 Å². The number of allylic oxidation sites excluding steroid dienone is 1. The molecular formula is C8H12N2S. The summed E-state index contributed by atoms with van der Waals surface area (Å²) in [6.07, 6.45) is 8.11. The van der Waals surface area contributed by atoms with Crippen molar-refractivity contribution in [3.8, 4) is 0 Å². The van der Waals surface area contributed by atoms with Gasteiger partial charge >= 0.3 is 0 Å². The van der Waals surface area contributed by atoms with Crippen molar-refractivity contribution in [2.45, 2.75) is 12.8 Å². The minimum absolute atomic E-state index is 0.735. The molecule has 60 valence electrons. The van der Waals surface area contributed by atoms with Crippen LogP contribution in [-0.2, 0) is 6.42 Å². The minimum atomic E-state index is 0.735. The zero-order chi connectivity index (χ0) is 7.94. The lowest BCUT2D eigenvalue weighted by Crippen LogP contribution is -1.95. The van der Waals surface area contributed by atoms with E-state index in [4.69, 9.17) is 5.73 Å². The molecule has 3 heteroatoms. The smallest absolute Gasteiger partial charge is 0.0794 e. The van der Waals surface area contributed by atoms with Crippen LogP contribution in [0.5, 0.6) is 0 Å². The van der Waals surface area contributed by atoms with E-state index in [9.17, 15) is 0 Å². The Kier molecular flexibility index (Phi) is 3.86. The van der Waals surface area contributed by atoms with E-state index in [0.717, 1.165) is 19.4 Å². The summed E-state index contributed by atoms with van der Waals surface area (Å²) in [5.74, 6) is 0. The molecule has 0 aliphatic rings. The Morgan fingerprint density at radius 1 is 1.55 bits per heavy atom. The van der Waals surface area contributed by atoms with Gasteiger partial charge in [-0.1, -0.05) is 12.2 Å². The largest absolute Gasteiger partial charge is 0.330 e. The predicted molar refractivity (Wildman–Crippen MR) is 48.6 cm³/mol. The van der Waals surface area contributed by atoms with Crippen molar-refractivity contribution in [3.05, 3.63) is 28.7 Å². The summed E-state index contributed by atoms with van der Waals surface area (Å²) in [6.45, 7) is 0.735. The molecule has 2 N–H and O–H groups in total. The van der Waals surface area contributed by atoms with Crippen LogP contribution in [0.3, 0.4) is 0 Å². The van der Waals surface area contributed by atoms with E-state index in [2.05, 4.69) is 17.1 Å².